The molecule has 156 valence electrons. The first-order chi connectivity index (χ1) is 14.1. The molecule has 1 saturated heterocycles. The number of carbonyl (C=O) groups excluding carboxylic acids is 1. The lowest BCUT2D eigenvalue weighted by atomic mass is 10.0. The predicted molar refractivity (Wildman–Crippen MR) is 113 cm³/mol. The highest BCUT2D eigenvalue weighted by Gasteiger charge is 2.21. The normalized spacial score (nSPS) is 15.0. The quantitative estimate of drug-likeness (QED) is 0.703. The van der Waals surface area contributed by atoms with Gasteiger partial charge >= 0.3 is 0 Å². The van der Waals surface area contributed by atoms with E-state index in [1.807, 2.05) is 30.3 Å². The molecule has 2 aromatic rings. The Bertz CT molecular complexity index is 779. The fourth-order valence-electron chi connectivity index (χ4n) is 3.81. The average Bonchev–Trinajstić information content (AvgIpc) is 3.26. The first kappa shape index (κ1) is 21.0. The molecule has 1 aliphatic heterocycles. The van der Waals surface area contributed by atoms with Gasteiger partial charge in [0, 0.05) is 6.54 Å². The molecule has 1 unspecified atom stereocenters. The average molecular weight is 399 g/mol. The summed E-state index contributed by atoms with van der Waals surface area (Å²) in [5.74, 6) is 1.58. The summed E-state index contributed by atoms with van der Waals surface area (Å²) < 4.78 is 16.2. The Labute approximate surface area is 172 Å². The summed E-state index contributed by atoms with van der Waals surface area (Å²) in [6.45, 7) is 3.00. The van der Waals surface area contributed by atoms with Gasteiger partial charge in [-0.25, -0.2) is 0 Å². The van der Waals surface area contributed by atoms with Crippen molar-refractivity contribution in [2.24, 2.45) is 0 Å². The third kappa shape index (κ3) is 5.41. The van der Waals surface area contributed by atoms with Crippen molar-refractivity contribution in [2.75, 3.05) is 41.0 Å². The molecule has 2 aromatic carbocycles. The largest absolute Gasteiger partial charge is 0.493 e. The molecule has 0 aliphatic carbocycles. The molecule has 0 aromatic heterocycles. The van der Waals surface area contributed by atoms with Crippen LogP contribution in [0.25, 0.3) is 0 Å². The fourth-order valence-corrected chi connectivity index (χ4v) is 3.81. The Morgan fingerprint density at radius 1 is 1.00 bits per heavy atom. The lowest BCUT2D eigenvalue weighted by Crippen LogP contribution is -2.37. The third-order valence-electron chi connectivity index (χ3n) is 5.27. The predicted octanol–water partition coefficient (Wildman–Crippen LogP) is 3.21. The van der Waals surface area contributed by atoms with Gasteiger partial charge in [-0.1, -0.05) is 30.3 Å². The Balaban J connectivity index is 1.74. The number of likely N-dealkylation sites (tertiary alicyclic amines) is 1. The highest BCUT2D eigenvalue weighted by atomic mass is 16.5. The maximum absolute atomic E-state index is 12.9. The van der Waals surface area contributed by atoms with Crippen LogP contribution >= 0.6 is 0 Å². The topological polar surface area (TPSA) is 60.0 Å². The van der Waals surface area contributed by atoms with Crippen LogP contribution in [-0.4, -0.2) is 51.8 Å². The molecule has 0 bridgehead atoms. The zero-order valence-electron chi connectivity index (χ0n) is 17.4. The number of nitrogens with one attached hydrogen (secondary N) is 1. The van der Waals surface area contributed by atoms with Crippen LogP contribution in [0.1, 0.15) is 30.0 Å². The van der Waals surface area contributed by atoms with Crippen LogP contribution in [0, 0.1) is 0 Å². The van der Waals surface area contributed by atoms with E-state index < -0.39 is 0 Å². The van der Waals surface area contributed by atoms with E-state index in [0.29, 0.717) is 17.2 Å². The Morgan fingerprint density at radius 3 is 2.17 bits per heavy atom. The number of amides is 1. The summed E-state index contributed by atoms with van der Waals surface area (Å²) >= 11 is 0. The molecule has 1 fully saturated rings. The molecule has 1 N–H and O–H groups in total. The molecule has 0 saturated carbocycles. The monoisotopic (exact) mass is 398 g/mol. The van der Waals surface area contributed by atoms with E-state index in [9.17, 15) is 4.79 Å². The number of benzene rings is 2. The summed E-state index contributed by atoms with van der Waals surface area (Å²) in [4.78, 5) is 15.3. The summed E-state index contributed by atoms with van der Waals surface area (Å²) in [6, 6.07) is 13.8. The Morgan fingerprint density at radius 2 is 1.62 bits per heavy atom. The molecular weight excluding hydrogens is 368 g/mol. The second-order valence-electron chi connectivity index (χ2n) is 7.25. The SMILES string of the molecule is COc1cc(CC(=O)NC(CN2CCCC2)c2ccccc2)cc(OC)c1OC. The molecule has 3 rings (SSSR count). The molecule has 0 radical (unpaired) electrons. The lowest BCUT2D eigenvalue weighted by molar-refractivity contribution is -0.121. The molecule has 0 spiro atoms. The smallest absolute Gasteiger partial charge is 0.224 e. The van der Waals surface area contributed by atoms with Crippen molar-refractivity contribution >= 4 is 5.91 Å². The molecule has 6 heteroatoms. The van der Waals surface area contributed by atoms with Crippen LogP contribution in [0.3, 0.4) is 0 Å². The van der Waals surface area contributed by atoms with Gasteiger partial charge in [-0.05, 0) is 49.2 Å². The molecular formula is C23H30N2O4. The molecule has 6 nitrogen and oxygen atoms in total. The van der Waals surface area contributed by atoms with Gasteiger partial charge in [0.05, 0.1) is 33.8 Å². The summed E-state index contributed by atoms with van der Waals surface area (Å²) in [5.41, 5.74) is 1.93. The van der Waals surface area contributed by atoms with Gasteiger partial charge in [0.1, 0.15) is 0 Å². The summed E-state index contributed by atoms with van der Waals surface area (Å²) in [7, 11) is 4.71. The third-order valence-corrected chi connectivity index (χ3v) is 5.27. The lowest BCUT2D eigenvalue weighted by Gasteiger charge is -2.25. The number of rotatable bonds is 9. The molecule has 1 aliphatic rings. The van der Waals surface area contributed by atoms with Gasteiger partial charge in [0.15, 0.2) is 11.5 Å². The minimum atomic E-state index is -0.0381. The zero-order chi connectivity index (χ0) is 20.6. The first-order valence-corrected chi connectivity index (χ1v) is 10.00. The van der Waals surface area contributed by atoms with Crippen LogP contribution in [0.5, 0.6) is 17.2 Å². The van der Waals surface area contributed by atoms with E-state index in [4.69, 9.17) is 14.2 Å². The van der Waals surface area contributed by atoms with E-state index in [0.717, 1.165) is 30.8 Å². The van der Waals surface area contributed by atoms with Crippen molar-refractivity contribution in [1.29, 1.82) is 0 Å². The number of hydrogen-bond acceptors (Lipinski definition) is 5. The number of ether oxygens (including phenoxy) is 3. The summed E-state index contributed by atoms with van der Waals surface area (Å²) in [5, 5.41) is 3.22. The number of nitrogens with zero attached hydrogens (tertiary/aromatic N) is 1. The minimum absolute atomic E-state index is 0.0349. The van der Waals surface area contributed by atoms with Gasteiger partial charge in [-0.2, -0.15) is 0 Å². The van der Waals surface area contributed by atoms with Crippen LogP contribution in [0.15, 0.2) is 42.5 Å². The van der Waals surface area contributed by atoms with Crippen molar-refractivity contribution < 1.29 is 19.0 Å². The van der Waals surface area contributed by atoms with Gasteiger partial charge in [-0.3, -0.25) is 4.79 Å². The highest BCUT2D eigenvalue weighted by Crippen LogP contribution is 2.38. The number of methoxy groups -OCH3 is 3. The van der Waals surface area contributed by atoms with Crippen LogP contribution in [-0.2, 0) is 11.2 Å². The van der Waals surface area contributed by atoms with Gasteiger partial charge in [0.2, 0.25) is 11.7 Å². The van der Waals surface area contributed by atoms with Crippen molar-refractivity contribution in [1.82, 2.24) is 10.2 Å². The van der Waals surface area contributed by atoms with Crippen molar-refractivity contribution in [3.63, 3.8) is 0 Å². The molecule has 1 atom stereocenters. The number of carbonyl (C=O) groups is 1. The van der Waals surface area contributed by atoms with Crippen LogP contribution < -0.4 is 19.5 Å². The fraction of sp³-hybridized carbons (Fsp3) is 0.435. The second-order valence-corrected chi connectivity index (χ2v) is 7.25. The van der Waals surface area contributed by atoms with Crippen molar-refractivity contribution in [3.8, 4) is 17.2 Å². The first-order valence-electron chi connectivity index (χ1n) is 10.00. The summed E-state index contributed by atoms with van der Waals surface area (Å²) in [6.07, 6.45) is 2.68. The van der Waals surface area contributed by atoms with Gasteiger partial charge in [0.25, 0.3) is 0 Å². The molecule has 1 amide bonds. The molecule has 1 heterocycles. The second kappa shape index (κ2) is 10.2. The zero-order valence-corrected chi connectivity index (χ0v) is 17.4. The standard InChI is InChI=1S/C23H30N2O4/c1-27-20-13-17(14-21(28-2)23(20)29-3)15-22(26)24-19(16-25-11-7-8-12-25)18-9-5-4-6-10-18/h4-6,9-10,13-14,19H,7-8,11-12,15-16H2,1-3H3,(H,24,26). The van der Waals surface area contributed by atoms with E-state index in [1.165, 1.54) is 12.8 Å². The molecule has 29 heavy (non-hydrogen) atoms. The Hall–Kier alpha value is -2.73. The van der Waals surface area contributed by atoms with Crippen molar-refractivity contribution in [2.45, 2.75) is 25.3 Å². The van der Waals surface area contributed by atoms with Crippen molar-refractivity contribution in [3.05, 3.63) is 53.6 Å². The van der Waals surface area contributed by atoms with E-state index in [2.05, 4.69) is 22.3 Å². The maximum Gasteiger partial charge on any atom is 0.224 e. The van der Waals surface area contributed by atoms with Crippen LogP contribution in [0.2, 0.25) is 0 Å². The van der Waals surface area contributed by atoms with E-state index in [-0.39, 0.29) is 18.4 Å². The van der Waals surface area contributed by atoms with Crippen LogP contribution in [0.4, 0.5) is 0 Å². The maximum atomic E-state index is 12.9. The number of hydrogen-bond donors (Lipinski definition) is 1. The van der Waals surface area contributed by atoms with Gasteiger partial charge in [-0.15, -0.1) is 0 Å². The highest BCUT2D eigenvalue weighted by molar-refractivity contribution is 5.79. The minimum Gasteiger partial charge on any atom is -0.493 e. The Kier molecular flexibility index (Phi) is 7.36. The van der Waals surface area contributed by atoms with E-state index in [1.54, 1.807) is 21.3 Å². The van der Waals surface area contributed by atoms with E-state index >= 15 is 0 Å². The van der Waals surface area contributed by atoms with Gasteiger partial charge < -0.3 is 24.4 Å².